The Balaban J connectivity index is 1.30. The smallest absolute Gasteiger partial charge is 0.226 e. The van der Waals surface area contributed by atoms with Gasteiger partial charge in [-0.15, -0.1) is 10.2 Å². The van der Waals surface area contributed by atoms with E-state index in [2.05, 4.69) is 31.0 Å². The molecule has 2 aromatic carbocycles. The third kappa shape index (κ3) is 4.84. The predicted molar refractivity (Wildman–Crippen MR) is 115 cm³/mol. The Morgan fingerprint density at radius 2 is 1.93 bits per heavy atom. The average Bonchev–Trinajstić information content (AvgIpc) is 3.34. The first-order valence-electron chi connectivity index (χ1n) is 9.38. The molecule has 2 heterocycles. The highest BCUT2D eigenvalue weighted by Gasteiger charge is 2.10. The van der Waals surface area contributed by atoms with Crippen molar-refractivity contribution in [2.45, 2.75) is 26.3 Å². The van der Waals surface area contributed by atoms with E-state index in [4.69, 9.17) is 0 Å². The summed E-state index contributed by atoms with van der Waals surface area (Å²) in [5, 5.41) is 18.5. The van der Waals surface area contributed by atoms with Crippen LogP contribution in [0.2, 0.25) is 0 Å². The number of hydrogen-bond donors (Lipinski definition) is 2. The van der Waals surface area contributed by atoms with Crippen molar-refractivity contribution in [2.24, 2.45) is 0 Å². The van der Waals surface area contributed by atoms with Crippen molar-refractivity contribution < 1.29 is 9.59 Å². The van der Waals surface area contributed by atoms with Crippen molar-refractivity contribution in [2.75, 3.05) is 10.6 Å². The third-order valence-corrected chi connectivity index (χ3v) is 5.14. The quantitative estimate of drug-likeness (QED) is 0.473. The summed E-state index contributed by atoms with van der Waals surface area (Å²) < 4.78 is 0.886. The van der Waals surface area contributed by atoms with Crippen LogP contribution in [0, 0.1) is 0 Å². The highest BCUT2D eigenvalue weighted by molar-refractivity contribution is 7.22. The summed E-state index contributed by atoms with van der Waals surface area (Å²) in [5.41, 5.74) is 2.37. The fourth-order valence-corrected chi connectivity index (χ4v) is 3.78. The van der Waals surface area contributed by atoms with Gasteiger partial charge in [0.25, 0.3) is 0 Å². The van der Waals surface area contributed by atoms with E-state index in [0.29, 0.717) is 36.0 Å². The van der Waals surface area contributed by atoms with E-state index >= 15 is 0 Å². The van der Waals surface area contributed by atoms with E-state index in [0.717, 1.165) is 15.8 Å². The number of nitrogens with zero attached hydrogens (tertiary/aromatic N) is 5. The number of anilines is 2. The molecule has 2 N–H and O–H groups in total. The van der Waals surface area contributed by atoms with Crippen molar-refractivity contribution in [3.05, 3.63) is 48.5 Å². The minimum atomic E-state index is -0.134. The Bertz CT molecular complexity index is 1190. The molecule has 0 saturated heterocycles. The molecule has 2 aromatic heterocycles. The minimum absolute atomic E-state index is 0.125. The molecule has 0 aliphatic rings. The topological polar surface area (TPSA) is 115 Å². The number of thiazole rings is 1. The summed E-state index contributed by atoms with van der Waals surface area (Å²) in [5.74, 6) is 0.304. The number of hydrogen-bond acceptors (Lipinski definition) is 7. The lowest BCUT2D eigenvalue weighted by atomic mass is 10.2. The van der Waals surface area contributed by atoms with Crippen LogP contribution >= 0.6 is 11.3 Å². The van der Waals surface area contributed by atoms with Gasteiger partial charge in [-0.2, -0.15) is 4.80 Å². The van der Waals surface area contributed by atoms with E-state index in [1.165, 1.54) is 23.1 Å². The zero-order valence-electron chi connectivity index (χ0n) is 16.2. The van der Waals surface area contributed by atoms with Crippen LogP contribution in [-0.4, -0.2) is 37.0 Å². The first-order chi connectivity index (χ1) is 14.6. The lowest BCUT2D eigenvalue weighted by Gasteiger charge is -2.01. The predicted octanol–water partition coefficient (Wildman–Crippen LogP) is 3.33. The summed E-state index contributed by atoms with van der Waals surface area (Å²) in [6.07, 6.45) is 0.892. The first-order valence-corrected chi connectivity index (χ1v) is 10.2. The van der Waals surface area contributed by atoms with Gasteiger partial charge in [0.15, 0.2) is 5.13 Å². The Labute approximate surface area is 176 Å². The van der Waals surface area contributed by atoms with Gasteiger partial charge in [-0.3, -0.25) is 9.59 Å². The van der Waals surface area contributed by atoms with Crippen molar-refractivity contribution in [1.29, 1.82) is 0 Å². The molecule has 4 aromatic rings. The van der Waals surface area contributed by atoms with E-state index in [-0.39, 0.29) is 11.8 Å². The Hall–Kier alpha value is -3.66. The van der Waals surface area contributed by atoms with Gasteiger partial charge in [-0.1, -0.05) is 41.7 Å². The maximum Gasteiger partial charge on any atom is 0.226 e. The number of nitrogens with one attached hydrogen (secondary N) is 2. The second-order valence-corrected chi connectivity index (χ2v) is 7.64. The average molecular weight is 421 g/mol. The van der Waals surface area contributed by atoms with Crippen molar-refractivity contribution in [1.82, 2.24) is 25.2 Å². The van der Waals surface area contributed by atoms with E-state index < -0.39 is 0 Å². The van der Waals surface area contributed by atoms with Gasteiger partial charge in [0.2, 0.25) is 17.6 Å². The molecular formula is C20H19N7O2S. The third-order valence-electron chi connectivity index (χ3n) is 4.20. The standard InChI is InChI=1S/C20H19N7O2S/c1-13(28)21-15-9-10-16-17(12-15)30-20(22-16)23-18(29)8-5-11-27-25-19(24-26-27)14-6-3-2-4-7-14/h2-4,6-7,9-10,12H,5,8,11H2,1H3,(H,21,28)(H,22,23,29). The lowest BCUT2D eigenvalue weighted by Crippen LogP contribution is -2.13. The Morgan fingerprint density at radius 3 is 2.73 bits per heavy atom. The summed E-state index contributed by atoms with van der Waals surface area (Å²) in [4.78, 5) is 29.3. The van der Waals surface area contributed by atoms with Crippen LogP contribution in [-0.2, 0) is 16.1 Å². The number of rotatable bonds is 7. The molecule has 0 spiro atoms. The van der Waals surface area contributed by atoms with E-state index in [1.54, 1.807) is 6.07 Å². The molecule has 152 valence electrons. The van der Waals surface area contributed by atoms with Gasteiger partial charge in [-0.25, -0.2) is 4.98 Å². The van der Waals surface area contributed by atoms with Gasteiger partial charge in [0, 0.05) is 24.6 Å². The van der Waals surface area contributed by atoms with Crippen molar-refractivity contribution in [3.63, 3.8) is 0 Å². The largest absolute Gasteiger partial charge is 0.326 e. The van der Waals surface area contributed by atoms with Crippen LogP contribution in [0.4, 0.5) is 10.8 Å². The maximum atomic E-state index is 12.3. The molecule has 30 heavy (non-hydrogen) atoms. The van der Waals surface area contributed by atoms with Crippen molar-refractivity contribution >= 4 is 44.2 Å². The maximum absolute atomic E-state index is 12.3. The number of carbonyl (C=O) groups excluding carboxylic acids is 2. The molecule has 4 rings (SSSR count). The molecule has 0 saturated carbocycles. The molecule has 0 aliphatic carbocycles. The molecular weight excluding hydrogens is 402 g/mol. The summed E-state index contributed by atoms with van der Waals surface area (Å²) in [6, 6.07) is 15.0. The Kier molecular flexibility index (Phi) is 5.75. The fourth-order valence-electron chi connectivity index (χ4n) is 2.86. The van der Waals surface area contributed by atoms with E-state index in [9.17, 15) is 9.59 Å². The summed E-state index contributed by atoms with van der Waals surface area (Å²) in [7, 11) is 0. The van der Waals surface area contributed by atoms with Gasteiger partial charge < -0.3 is 10.6 Å². The van der Waals surface area contributed by atoms with Crippen LogP contribution < -0.4 is 10.6 Å². The summed E-state index contributed by atoms with van der Waals surface area (Å²) >= 11 is 1.36. The first kappa shape index (κ1) is 19.6. The van der Waals surface area contributed by atoms with Gasteiger partial charge in [0.05, 0.1) is 16.8 Å². The van der Waals surface area contributed by atoms with Gasteiger partial charge in [0.1, 0.15) is 0 Å². The molecule has 9 nitrogen and oxygen atoms in total. The zero-order chi connectivity index (χ0) is 20.9. The number of tetrazole rings is 1. The van der Waals surface area contributed by atoms with Crippen molar-refractivity contribution in [3.8, 4) is 11.4 Å². The number of aromatic nitrogens is 5. The van der Waals surface area contributed by atoms with Crippen LogP contribution in [0.15, 0.2) is 48.5 Å². The second-order valence-electron chi connectivity index (χ2n) is 6.61. The van der Waals surface area contributed by atoms with Crippen LogP contribution in [0.5, 0.6) is 0 Å². The summed E-state index contributed by atoms with van der Waals surface area (Å²) in [6.45, 7) is 1.95. The second kappa shape index (κ2) is 8.78. The molecule has 0 bridgehead atoms. The molecule has 0 fully saturated rings. The molecule has 0 unspecified atom stereocenters. The number of amides is 2. The molecule has 2 amide bonds. The molecule has 0 atom stereocenters. The van der Waals surface area contributed by atoms with Gasteiger partial charge in [-0.05, 0) is 29.8 Å². The molecule has 0 aliphatic heterocycles. The lowest BCUT2D eigenvalue weighted by molar-refractivity contribution is -0.116. The normalized spacial score (nSPS) is 10.8. The number of benzene rings is 2. The fraction of sp³-hybridized carbons (Fsp3) is 0.200. The van der Waals surface area contributed by atoms with E-state index in [1.807, 2.05) is 42.5 Å². The van der Waals surface area contributed by atoms with Crippen LogP contribution in [0.1, 0.15) is 19.8 Å². The Morgan fingerprint density at radius 1 is 1.10 bits per heavy atom. The SMILES string of the molecule is CC(=O)Nc1ccc2nc(NC(=O)CCCn3nnc(-c4ccccc4)n3)sc2c1. The number of aryl methyl sites for hydroxylation is 1. The van der Waals surface area contributed by atoms with Crippen LogP contribution in [0.25, 0.3) is 21.6 Å². The van der Waals surface area contributed by atoms with Crippen LogP contribution in [0.3, 0.4) is 0 Å². The highest BCUT2D eigenvalue weighted by Crippen LogP contribution is 2.28. The van der Waals surface area contributed by atoms with Gasteiger partial charge >= 0.3 is 0 Å². The minimum Gasteiger partial charge on any atom is -0.326 e. The monoisotopic (exact) mass is 421 g/mol. The molecule has 0 radical (unpaired) electrons. The zero-order valence-corrected chi connectivity index (χ0v) is 17.0. The number of fused-ring (bicyclic) bond motifs is 1. The number of carbonyl (C=O) groups is 2. The highest BCUT2D eigenvalue weighted by atomic mass is 32.1. The molecule has 10 heteroatoms.